The van der Waals surface area contributed by atoms with Gasteiger partial charge in [-0.1, -0.05) is 29.5 Å². The lowest BCUT2D eigenvalue weighted by molar-refractivity contribution is -0.142. The average molecular weight is 563 g/mol. The third-order valence-corrected chi connectivity index (χ3v) is 7.38. The molecule has 0 bridgehead atoms. The van der Waals surface area contributed by atoms with E-state index < -0.39 is 17.7 Å². The lowest BCUT2D eigenvalue weighted by Crippen LogP contribution is -2.43. The fourth-order valence-corrected chi connectivity index (χ4v) is 5.62. The number of hydrogen-bond acceptors (Lipinski definition) is 9. The van der Waals surface area contributed by atoms with Gasteiger partial charge in [-0.05, 0) is 83.2 Å². The molecule has 0 spiro atoms. The van der Waals surface area contributed by atoms with Crippen LogP contribution in [0.25, 0.3) is 21.1 Å². The van der Waals surface area contributed by atoms with Gasteiger partial charge in [-0.2, -0.15) is 5.26 Å². The molecule has 40 heavy (non-hydrogen) atoms. The highest BCUT2D eigenvalue weighted by Crippen LogP contribution is 2.41. The lowest BCUT2D eigenvalue weighted by atomic mass is 9.84. The Balaban J connectivity index is 1.69. The summed E-state index contributed by atoms with van der Waals surface area (Å²) in [4.78, 5) is 27.0. The van der Waals surface area contributed by atoms with Crippen LogP contribution in [0.2, 0.25) is 0 Å². The molecule has 0 saturated heterocycles. The number of carbonyl (C=O) groups is 2. The SMILES string of the molecule is COC(=O)CN(C(=O)OC(C)(C)C)C1CCCc2c(-c3nnc(-c4ccc(OC(C)C)c(C#N)c4)s3)cccc21. The smallest absolute Gasteiger partial charge is 0.411 e. The fourth-order valence-electron chi connectivity index (χ4n) is 4.73. The highest BCUT2D eigenvalue weighted by molar-refractivity contribution is 7.17. The minimum atomic E-state index is -0.710. The Bertz CT molecular complexity index is 1440. The van der Waals surface area contributed by atoms with Crippen molar-refractivity contribution in [2.45, 2.75) is 71.6 Å². The van der Waals surface area contributed by atoms with Crippen molar-refractivity contribution in [3.05, 3.63) is 53.1 Å². The minimum Gasteiger partial charge on any atom is -0.490 e. The Labute approximate surface area is 238 Å². The van der Waals surface area contributed by atoms with Crippen LogP contribution in [-0.2, 0) is 20.7 Å². The number of benzene rings is 2. The summed E-state index contributed by atoms with van der Waals surface area (Å²) in [5.41, 5.74) is 3.48. The molecule has 1 aliphatic carbocycles. The van der Waals surface area contributed by atoms with E-state index in [-0.39, 0.29) is 18.7 Å². The maximum Gasteiger partial charge on any atom is 0.411 e. The molecule has 1 unspecified atom stereocenters. The summed E-state index contributed by atoms with van der Waals surface area (Å²) in [7, 11) is 1.31. The number of hydrogen-bond donors (Lipinski definition) is 0. The first-order valence-corrected chi connectivity index (χ1v) is 14.1. The summed E-state index contributed by atoms with van der Waals surface area (Å²) in [5.74, 6) is 0.0279. The summed E-state index contributed by atoms with van der Waals surface area (Å²) in [6.45, 7) is 9.02. The highest BCUT2D eigenvalue weighted by atomic mass is 32.1. The number of nitriles is 1. The van der Waals surface area contributed by atoms with Crippen LogP contribution >= 0.6 is 11.3 Å². The monoisotopic (exact) mass is 562 g/mol. The van der Waals surface area contributed by atoms with Gasteiger partial charge in [0, 0.05) is 11.1 Å². The van der Waals surface area contributed by atoms with Crippen LogP contribution in [0.3, 0.4) is 0 Å². The van der Waals surface area contributed by atoms with E-state index in [4.69, 9.17) is 14.2 Å². The van der Waals surface area contributed by atoms with Crippen LogP contribution in [0.1, 0.15) is 70.2 Å². The first-order chi connectivity index (χ1) is 19.0. The third kappa shape index (κ3) is 6.59. The van der Waals surface area contributed by atoms with Crippen molar-refractivity contribution in [3.63, 3.8) is 0 Å². The Kier molecular flexibility index (Phi) is 8.74. The van der Waals surface area contributed by atoms with Crippen molar-refractivity contribution < 1.29 is 23.8 Å². The predicted molar refractivity (Wildman–Crippen MR) is 152 cm³/mol. The van der Waals surface area contributed by atoms with E-state index in [0.717, 1.165) is 40.1 Å². The normalized spacial score (nSPS) is 14.7. The molecule has 0 N–H and O–H groups in total. The molecular weight excluding hydrogens is 528 g/mol. The number of amides is 1. The number of esters is 1. The van der Waals surface area contributed by atoms with Crippen molar-refractivity contribution in [2.75, 3.05) is 13.7 Å². The van der Waals surface area contributed by atoms with E-state index in [9.17, 15) is 14.9 Å². The standard InChI is InChI=1S/C30H34N4O5S/c1-18(2)38-25-14-13-19(15-20(25)16-31)27-32-33-28(40-27)23-11-7-10-22-21(23)9-8-12-24(22)34(17-26(35)37-6)29(36)39-30(3,4)5/h7,10-11,13-15,18,24H,8-9,12,17H2,1-6H3. The molecule has 0 saturated carbocycles. The van der Waals surface area contributed by atoms with Gasteiger partial charge >= 0.3 is 12.1 Å². The van der Waals surface area contributed by atoms with Gasteiger partial charge < -0.3 is 14.2 Å². The summed E-state index contributed by atoms with van der Waals surface area (Å²) in [5, 5.41) is 20.0. The van der Waals surface area contributed by atoms with Gasteiger partial charge in [-0.3, -0.25) is 9.69 Å². The summed E-state index contributed by atoms with van der Waals surface area (Å²) < 4.78 is 16.3. The van der Waals surface area contributed by atoms with Crippen LogP contribution in [0.15, 0.2) is 36.4 Å². The zero-order valence-corrected chi connectivity index (χ0v) is 24.5. The molecule has 2 aromatic carbocycles. The molecule has 1 aromatic heterocycles. The maximum absolute atomic E-state index is 13.2. The predicted octanol–water partition coefficient (Wildman–Crippen LogP) is 6.32. The molecule has 210 valence electrons. The van der Waals surface area contributed by atoms with Crippen LogP contribution in [0.4, 0.5) is 4.79 Å². The molecule has 4 rings (SSSR count). The van der Waals surface area contributed by atoms with Gasteiger partial charge in [0.25, 0.3) is 0 Å². The molecule has 9 nitrogen and oxygen atoms in total. The van der Waals surface area contributed by atoms with Crippen LogP contribution < -0.4 is 4.74 Å². The van der Waals surface area contributed by atoms with Crippen molar-refractivity contribution in [3.8, 4) is 33.0 Å². The average Bonchev–Trinajstić information content (AvgIpc) is 3.40. The lowest BCUT2D eigenvalue weighted by Gasteiger charge is -2.36. The van der Waals surface area contributed by atoms with Gasteiger partial charge in [-0.25, -0.2) is 4.79 Å². The Morgan fingerprint density at radius 2 is 1.93 bits per heavy atom. The van der Waals surface area contributed by atoms with Gasteiger partial charge in [0.2, 0.25) is 0 Å². The Morgan fingerprint density at radius 1 is 1.18 bits per heavy atom. The van der Waals surface area contributed by atoms with E-state index >= 15 is 0 Å². The van der Waals surface area contributed by atoms with Gasteiger partial charge in [0.15, 0.2) is 0 Å². The van der Waals surface area contributed by atoms with Gasteiger partial charge in [-0.15, -0.1) is 10.2 Å². The van der Waals surface area contributed by atoms with Crippen LogP contribution in [0.5, 0.6) is 5.75 Å². The number of aromatic nitrogens is 2. The second-order valence-corrected chi connectivity index (χ2v) is 11.8. The van der Waals surface area contributed by atoms with Crippen LogP contribution in [0, 0.1) is 11.3 Å². The molecule has 1 amide bonds. The Hall–Kier alpha value is -3.97. The van der Waals surface area contributed by atoms with Crippen molar-refractivity contribution in [2.24, 2.45) is 0 Å². The molecule has 1 atom stereocenters. The van der Waals surface area contributed by atoms with Crippen molar-refractivity contribution in [1.29, 1.82) is 5.26 Å². The highest BCUT2D eigenvalue weighted by Gasteiger charge is 2.35. The van der Waals surface area contributed by atoms with E-state index in [1.165, 1.54) is 23.3 Å². The molecule has 3 aromatic rings. The first kappa shape index (κ1) is 29.0. The van der Waals surface area contributed by atoms with E-state index in [1.54, 1.807) is 32.9 Å². The van der Waals surface area contributed by atoms with Crippen molar-refractivity contribution >= 4 is 23.4 Å². The molecule has 0 fully saturated rings. The fraction of sp³-hybridized carbons (Fsp3) is 0.433. The number of nitrogens with zero attached hydrogens (tertiary/aromatic N) is 4. The van der Waals surface area contributed by atoms with E-state index in [2.05, 4.69) is 16.3 Å². The van der Waals surface area contributed by atoms with Gasteiger partial charge in [0.05, 0.1) is 24.8 Å². The molecular formula is C30H34N4O5S. The first-order valence-electron chi connectivity index (χ1n) is 13.2. The molecule has 0 radical (unpaired) electrons. The van der Waals surface area contributed by atoms with E-state index in [0.29, 0.717) is 22.7 Å². The zero-order valence-electron chi connectivity index (χ0n) is 23.7. The second kappa shape index (κ2) is 12.0. The number of carbonyl (C=O) groups excluding carboxylic acids is 2. The summed E-state index contributed by atoms with van der Waals surface area (Å²) in [6.07, 6.45) is 1.71. The number of ether oxygens (including phenoxy) is 3. The largest absolute Gasteiger partial charge is 0.490 e. The quantitative estimate of drug-likeness (QED) is 0.307. The van der Waals surface area contributed by atoms with Gasteiger partial charge in [0.1, 0.15) is 34.0 Å². The topological polar surface area (TPSA) is 115 Å². The molecule has 1 heterocycles. The molecule has 10 heteroatoms. The number of fused-ring (bicyclic) bond motifs is 1. The maximum atomic E-state index is 13.2. The number of rotatable bonds is 7. The number of methoxy groups -OCH3 is 1. The molecule has 1 aliphatic rings. The second-order valence-electron chi connectivity index (χ2n) is 10.9. The summed E-state index contributed by atoms with van der Waals surface area (Å²) >= 11 is 1.44. The zero-order chi connectivity index (χ0) is 29.0. The van der Waals surface area contributed by atoms with E-state index in [1.807, 2.05) is 38.1 Å². The third-order valence-electron chi connectivity index (χ3n) is 6.37. The van der Waals surface area contributed by atoms with Crippen molar-refractivity contribution in [1.82, 2.24) is 15.1 Å². The molecule has 0 aliphatic heterocycles. The Morgan fingerprint density at radius 3 is 2.60 bits per heavy atom. The minimum absolute atomic E-state index is 0.0435. The van der Waals surface area contributed by atoms with Crippen LogP contribution in [-0.4, -0.2) is 52.5 Å². The summed E-state index contributed by atoms with van der Waals surface area (Å²) in [6, 6.07) is 13.2.